The molecule has 0 aliphatic carbocycles. The van der Waals surface area contributed by atoms with Crippen molar-refractivity contribution in [2.45, 2.75) is 33.3 Å². The van der Waals surface area contributed by atoms with E-state index in [2.05, 4.69) is 17.1 Å². The van der Waals surface area contributed by atoms with Crippen molar-refractivity contribution in [2.75, 3.05) is 6.61 Å². The van der Waals surface area contributed by atoms with E-state index in [1.54, 1.807) is 12.3 Å². The molecule has 1 atom stereocenters. The summed E-state index contributed by atoms with van der Waals surface area (Å²) in [5, 5.41) is 3.98. The molecule has 0 bridgehead atoms. The second-order valence-corrected chi connectivity index (χ2v) is 5.18. The van der Waals surface area contributed by atoms with Crippen LogP contribution in [-0.4, -0.2) is 23.4 Å². The van der Waals surface area contributed by atoms with Crippen LogP contribution in [0.1, 0.15) is 27.2 Å². The van der Waals surface area contributed by atoms with Crippen LogP contribution in [0.2, 0.25) is 0 Å². The molecule has 1 heterocycles. The number of aromatic nitrogens is 1. The van der Waals surface area contributed by atoms with Gasteiger partial charge in [-0.15, -0.1) is 0 Å². The Hall–Kier alpha value is -2.56. The summed E-state index contributed by atoms with van der Waals surface area (Å²) in [4.78, 5) is 9.23. The van der Waals surface area contributed by atoms with Crippen LogP contribution in [0.3, 0.4) is 0 Å². The van der Waals surface area contributed by atoms with E-state index in [0.29, 0.717) is 12.5 Å². The first-order valence-corrected chi connectivity index (χ1v) is 7.68. The second-order valence-electron chi connectivity index (χ2n) is 5.18. The zero-order valence-electron chi connectivity index (χ0n) is 13.7. The van der Waals surface area contributed by atoms with Gasteiger partial charge >= 0.3 is 0 Å². The number of rotatable bonds is 8. The Morgan fingerprint density at radius 1 is 1.13 bits per heavy atom. The molecule has 23 heavy (non-hydrogen) atoms. The maximum Gasteiger partial charge on any atom is 0.248 e. The van der Waals surface area contributed by atoms with Gasteiger partial charge in [0.1, 0.15) is 18.1 Å². The summed E-state index contributed by atoms with van der Waals surface area (Å²) in [5.74, 6) is 2.06. The maximum absolute atomic E-state index is 5.73. The van der Waals surface area contributed by atoms with E-state index in [4.69, 9.17) is 14.3 Å². The second kappa shape index (κ2) is 8.78. The number of hydrogen-bond donors (Lipinski definition) is 0. The van der Waals surface area contributed by atoms with Gasteiger partial charge in [-0.05, 0) is 50.6 Å². The highest BCUT2D eigenvalue weighted by Crippen LogP contribution is 2.19. The molecule has 1 aromatic carbocycles. The largest absolute Gasteiger partial charge is 0.491 e. The van der Waals surface area contributed by atoms with Crippen molar-refractivity contribution in [1.29, 1.82) is 0 Å². The number of pyridine rings is 1. The van der Waals surface area contributed by atoms with E-state index in [9.17, 15) is 0 Å². The van der Waals surface area contributed by atoms with Crippen molar-refractivity contribution in [3.63, 3.8) is 0 Å². The van der Waals surface area contributed by atoms with Crippen LogP contribution in [0.5, 0.6) is 17.4 Å². The molecule has 1 aromatic heterocycles. The predicted octanol–water partition coefficient (Wildman–Crippen LogP) is 4.09. The molecule has 0 radical (unpaired) electrons. The van der Waals surface area contributed by atoms with E-state index >= 15 is 0 Å². The molecular weight excluding hydrogens is 292 g/mol. The summed E-state index contributed by atoms with van der Waals surface area (Å²) in [6.07, 6.45) is 2.84. The minimum atomic E-state index is 0.208. The fraction of sp³-hybridized carbons (Fsp3) is 0.333. The van der Waals surface area contributed by atoms with Crippen molar-refractivity contribution in [3.8, 4) is 17.4 Å². The van der Waals surface area contributed by atoms with Gasteiger partial charge < -0.3 is 14.3 Å². The molecule has 0 N–H and O–H groups in total. The normalized spacial score (nSPS) is 12.6. The molecule has 5 nitrogen and oxygen atoms in total. The molecule has 2 aromatic rings. The molecular formula is C18H22N2O3. The fourth-order valence-electron chi connectivity index (χ4n) is 1.67. The van der Waals surface area contributed by atoms with Crippen molar-refractivity contribution < 1.29 is 14.3 Å². The lowest BCUT2D eigenvalue weighted by Crippen LogP contribution is -2.10. The van der Waals surface area contributed by atoms with Crippen LogP contribution in [0.15, 0.2) is 53.8 Å². The summed E-state index contributed by atoms with van der Waals surface area (Å²) in [6.45, 7) is 6.32. The van der Waals surface area contributed by atoms with Gasteiger partial charge in [0.15, 0.2) is 0 Å². The molecule has 0 aliphatic rings. The molecule has 0 fully saturated rings. The smallest absolute Gasteiger partial charge is 0.248 e. The van der Waals surface area contributed by atoms with E-state index in [-0.39, 0.29) is 6.10 Å². The molecule has 5 heteroatoms. The average Bonchev–Trinajstić information content (AvgIpc) is 2.60. The molecule has 0 spiro atoms. The van der Waals surface area contributed by atoms with Gasteiger partial charge in [-0.1, -0.05) is 18.1 Å². The van der Waals surface area contributed by atoms with E-state index in [0.717, 1.165) is 23.6 Å². The number of ether oxygens (including phenoxy) is 2. The van der Waals surface area contributed by atoms with Gasteiger partial charge in [0, 0.05) is 12.3 Å². The van der Waals surface area contributed by atoms with Gasteiger partial charge in [-0.2, -0.15) is 0 Å². The van der Waals surface area contributed by atoms with Crippen LogP contribution in [0.25, 0.3) is 0 Å². The predicted molar refractivity (Wildman–Crippen MR) is 90.3 cm³/mol. The van der Waals surface area contributed by atoms with Crippen molar-refractivity contribution in [2.24, 2.45) is 5.16 Å². The van der Waals surface area contributed by atoms with Crippen LogP contribution in [0, 0.1) is 0 Å². The van der Waals surface area contributed by atoms with Gasteiger partial charge in [-0.25, -0.2) is 4.98 Å². The highest BCUT2D eigenvalue weighted by molar-refractivity contribution is 5.82. The highest BCUT2D eigenvalue weighted by Gasteiger charge is 2.02. The quantitative estimate of drug-likeness (QED) is 0.544. The highest BCUT2D eigenvalue weighted by atomic mass is 16.6. The SMILES string of the molecule is CCC(C)Oc1ccc(OCC(C)=NOc2ccccn2)cc1. The zero-order valence-corrected chi connectivity index (χ0v) is 13.7. The molecule has 122 valence electrons. The molecule has 1 unspecified atom stereocenters. The third-order valence-corrected chi connectivity index (χ3v) is 3.12. The first-order chi connectivity index (χ1) is 11.2. The Morgan fingerprint density at radius 3 is 2.52 bits per heavy atom. The maximum atomic E-state index is 5.73. The third kappa shape index (κ3) is 5.98. The summed E-state index contributed by atoms with van der Waals surface area (Å²) in [7, 11) is 0. The van der Waals surface area contributed by atoms with Crippen LogP contribution >= 0.6 is 0 Å². The molecule has 0 amide bonds. The standard InChI is InChI=1S/C18H22N2O3/c1-4-15(3)22-17-10-8-16(9-11-17)21-13-14(2)20-23-18-7-5-6-12-19-18/h5-12,15H,4,13H2,1-3H3. The molecule has 0 saturated carbocycles. The van der Waals surface area contributed by atoms with Gasteiger partial charge in [0.2, 0.25) is 5.88 Å². The first-order valence-electron chi connectivity index (χ1n) is 7.68. The van der Waals surface area contributed by atoms with Crippen LogP contribution in [-0.2, 0) is 0 Å². The number of hydrogen-bond acceptors (Lipinski definition) is 5. The Morgan fingerprint density at radius 2 is 1.87 bits per heavy atom. The monoisotopic (exact) mass is 314 g/mol. The average molecular weight is 314 g/mol. The van der Waals surface area contributed by atoms with Gasteiger partial charge in [-0.3, -0.25) is 0 Å². The summed E-state index contributed by atoms with van der Waals surface area (Å²) < 4.78 is 11.4. The first kappa shape index (κ1) is 16.8. The van der Waals surface area contributed by atoms with Crippen molar-refractivity contribution in [3.05, 3.63) is 48.7 Å². The lowest BCUT2D eigenvalue weighted by atomic mass is 10.3. The number of oxime groups is 1. The molecule has 0 aliphatic heterocycles. The Balaban J connectivity index is 1.80. The fourth-order valence-corrected chi connectivity index (χ4v) is 1.67. The van der Waals surface area contributed by atoms with E-state index < -0.39 is 0 Å². The van der Waals surface area contributed by atoms with Crippen molar-refractivity contribution in [1.82, 2.24) is 4.98 Å². The minimum Gasteiger partial charge on any atom is -0.491 e. The zero-order chi connectivity index (χ0) is 16.5. The van der Waals surface area contributed by atoms with Gasteiger partial charge in [0.25, 0.3) is 0 Å². The number of nitrogens with zero attached hydrogens (tertiary/aromatic N) is 2. The molecule has 0 saturated heterocycles. The Labute approximate surface area is 136 Å². The summed E-state index contributed by atoms with van der Waals surface area (Å²) in [5.41, 5.74) is 0.718. The molecule has 2 rings (SSSR count). The third-order valence-electron chi connectivity index (χ3n) is 3.12. The minimum absolute atomic E-state index is 0.208. The Kier molecular flexibility index (Phi) is 6.41. The van der Waals surface area contributed by atoms with Crippen LogP contribution in [0.4, 0.5) is 0 Å². The lowest BCUT2D eigenvalue weighted by molar-refractivity contribution is 0.217. The number of benzene rings is 1. The lowest BCUT2D eigenvalue weighted by Gasteiger charge is -2.13. The topological polar surface area (TPSA) is 52.9 Å². The summed E-state index contributed by atoms with van der Waals surface area (Å²) >= 11 is 0. The van der Waals surface area contributed by atoms with E-state index in [1.807, 2.05) is 50.2 Å². The van der Waals surface area contributed by atoms with Crippen LogP contribution < -0.4 is 14.3 Å². The van der Waals surface area contributed by atoms with Gasteiger partial charge in [0.05, 0.1) is 11.8 Å². The Bertz CT molecular complexity index is 612. The van der Waals surface area contributed by atoms with Crippen molar-refractivity contribution >= 4 is 5.71 Å². The summed E-state index contributed by atoms with van der Waals surface area (Å²) in [6, 6.07) is 13.0. The van der Waals surface area contributed by atoms with E-state index in [1.165, 1.54) is 0 Å².